The van der Waals surface area contributed by atoms with Gasteiger partial charge in [-0.25, -0.2) is 0 Å². The van der Waals surface area contributed by atoms with Crippen LogP contribution in [-0.4, -0.2) is 23.8 Å². The maximum Gasteiger partial charge on any atom is 0.0494 e. The monoisotopic (exact) mass is 183 g/mol. The Morgan fingerprint density at radius 1 is 1.38 bits per heavy atom. The standard InChI is InChI=1S/C11H21NO/c1-8(2)9(3)12-11-5-4-10(6-11)7-13/h4-5,8-13H,6-7H2,1-3H3/t9?,10-,11+/m0/s1. The second-order valence-electron chi connectivity index (χ2n) is 4.37. The van der Waals surface area contributed by atoms with E-state index in [1.54, 1.807) is 0 Å². The van der Waals surface area contributed by atoms with Crippen molar-refractivity contribution >= 4 is 0 Å². The largest absolute Gasteiger partial charge is 0.396 e. The normalized spacial score (nSPS) is 29.9. The van der Waals surface area contributed by atoms with E-state index < -0.39 is 0 Å². The van der Waals surface area contributed by atoms with Crippen LogP contribution >= 0.6 is 0 Å². The van der Waals surface area contributed by atoms with E-state index in [9.17, 15) is 0 Å². The summed E-state index contributed by atoms with van der Waals surface area (Å²) >= 11 is 0. The number of hydrogen-bond acceptors (Lipinski definition) is 2. The first-order chi connectivity index (χ1) is 6.13. The van der Waals surface area contributed by atoms with Gasteiger partial charge in [0.25, 0.3) is 0 Å². The highest BCUT2D eigenvalue weighted by atomic mass is 16.3. The van der Waals surface area contributed by atoms with Crippen molar-refractivity contribution in [3.63, 3.8) is 0 Å². The molecule has 0 saturated carbocycles. The Balaban J connectivity index is 2.29. The van der Waals surface area contributed by atoms with Gasteiger partial charge in [-0.1, -0.05) is 26.0 Å². The van der Waals surface area contributed by atoms with Gasteiger partial charge < -0.3 is 10.4 Å². The van der Waals surface area contributed by atoms with Crippen LogP contribution in [0.4, 0.5) is 0 Å². The molecule has 1 unspecified atom stereocenters. The van der Waals surface area contributed by atoms with E-state index in [1.807, 2.05) is 0 Å². The molecule has 0 amide bonds. The minimum absolute atomic E-state index is 0.282. The third-order valence-corrected chi connectivity index (χ3v) is 2.88. The SMILES string of the molecule is CC(C)C(C)N[C@@H]1C=C[C@H](CO)C1. The first-order valence-corrected chi connectivity index (χ1v) is 5.18. The molecule has 0 saturated heterocycles. The van der Waals surface area contributed by atoms with Gasteiger partial charge in [-0.15, -0.1) is 0 Å². The molecule has 3 atom stereocenters. The fourth-order valence-electron chi connectivity index (χ4n) is 1.56. The molecule has 0 aromatic carbocycles. The Labute approximate surface area is 81.0 Å². The molecule has 2 nitrogen and oxygen atoms in total. The molecule has 2 heteroatoms. The van der Waals surface area contributed by atoms with Gasteiger partial charge in [0.05, 0.1) is 0 Å². The maximum absolute atomic E-state index is 8.95. The van der Waals surface area contributed by atoms with Crippen LogP contribution in [0.15, 0.2) is 12.2 Å². The number of nitrogens with one attached hydrogen (secondary N) is 1. The zero-order chi connectivity index (χ0) is 9.84. The molecule has 0 aromatic rings. The van der Waals surface area contributed by atoms with Gasteiger partial charge in [0, 0.05) is 24.6 Å². The third-order valence-electron chi connectivity index (χ3n) is 2.88. The fourth-order valence-corrected chi connectivity index (χ4v) is 1.56. The Kier molecular flexibility index (Phi) is 3.94. The minimum atomic E-state index is 0.282. The van der Waals surface area contributed by atoms with Crippen molar-refractivity contribution in [1.29, 1.82) is 0 Å². The first-order valence-electron chi connectivity index (χ1n) is 5.18. The fraction of sp³-hybridized carbons (Fsp3) is 0.818. The van der Waals surface area contributed by atoms with Crippen molar-refractivity contribution in [2.45, 2.75) is 39.3 Å². The molecule has 1 aliphatic carbocycles. The quantitative estimate of drug-likeness (QED) is 0.648. The molecule has 2 N–H and O–H groups in total. The summed E-state index contributed by atoms with van der Waals surface area (Å²) in [5.41, 5.74) is 0. The molecule has 0 radical (unpaired) electrons. The molecule has 76 valence electrons. The van der Waals surface area contributed by atoms with Gasteiger partial charge in [-0.3, -0.25) is 0 Å². The molecule has 0 aromatic heterocycles. The van der Waals surface area contributed by atoms with Crippen molar-refractivity contribution in [3.05, 3.63) is 12.2 Å². The van der Waals surface area contributed by atoms with E-state index in [1.165, 1.54) is 0 Å². The minimum Gasteiger partial charge on any atom is -0.396 e. The smallest absolute Gasteiger partial charge is 0.0494 e. The van der Waals surface area contributed by atoms with Crippen LogP contribution in [0.3, 0.4) is 0 Å². The van der Waals surface area contributed by atoms with E-state index in [0.717, 1.165) is 6.42 Å². The van der Waals surface area contributed by atoms with E-state index in [-0.39, 0.29) is 6.61 Å². The summed E-state index contributed by atoms with van der Waals surface area (Å²) in [6.07, 6.45) is 5.35. The van der Waals surface area contributed by atoms with Gasteiger partial charge in [-0.2, -0.15) is 0 Å². The highest BCUT2D eigenvalue weighted by Crippen LogP contribution is 2.18. The van der Waals surface area contributed by atoms with Gasteiger partial charge >= 0.3 is 0 Å². The van der Waals surface area contributed by atoms with Crippen LogP contribution in [0.1, 0.15) is 27.2 Å². The summed E-state index contributed by atoms with van der Waals surface area (Å²) in [5, 5.41) is 12.5. The average Bonchev–Trinajstić information content (AvgIpc) is 2.52. The lowest BCUT2D eigenvalue weighted by molar-refractivity contribution is 0.243. The van der Waals surface area contributed by atoms with E-state index >= 15 is 0 Å². The van der Waals surface area contributed by atoms with Crippen molar-refractivity contribution in [2.75, 3.05) is 6.61 Å². The van der Waals surface area contributed by atoms with Crippen molar-refractivity contribution in [3.8, 4) is 0 Å². The zero-order valence-electron chi connectivity index (χ0n) is 8.83. The van der Waals surface area contributed by atoms with Crippen molar-refractivity contribution in [2.24, 2.45) is 11.8 Å². The molecule has 0 bridgehead atoms. The zero-order valence-corrected chi connectivity index (χ0v) is 8.83. The van der Waals surface area contributed by atoms with Crippen LogP contribution < -0.4 is 5.32 Å². The number of rotatable bonds is 4. The van der Waals surface area contributed by atoms with Gasteiger partial charge in [0.1, 0.15) is 0 Å². The summed E-state index contributed by atoms with van der Waals surface area (Å²) in [7, 11) is 0. The van der Waals surface area contributed by atoms with Crippen LogP contribution in [0, 0.1) is 11.8 Å². The summed E-state index contributed by atoms with van der Waals surface area (Å²) in [5.74, 6) is 1.04. The summed E-state index contributed by atoms with van der Waals surface area (Å²) in [4.78, 5) is 0. The topological polar surface area (TPSA) is 32.3 Å². The maximum atomic E-state index is 8.95. The number of hydrogen-bond donors (Lipinski definition) is 2. The second-order valence-corrected chi connectivity index (χ2v) is 4.37. The molecular formula is C11H21NO. The predicted octanol–water partition coefficient (Wildman–Crippen LogP) is 1.56. The summed E-state index contributed by atoms with van der Waals surface area (Å²) in [6.45, 7) is 6.94. The van der Waals surface area contributed by atoms with Crippen molar-refractivity contribution < 1.29 is 5.11 Å². The molecule has 1 aliphatic rings. The van der Waals surface area contributed by atoms with Crippen LogP contribution in [0.5, 0.6) is 0 Å². The highest BCUT2D eigenvalue weighted by molar-refractivity contribution is 5.06. The van der Waals surface area contributed by atoms with Gasteiger partial charge in [0.2, 0.25) is 0 Å². The molecule has 0 fully saturated rings. The molecule has 1 rings (SSSR count). The Morgan fingerprint density at radius 3 is 2.54 bits per heavy atom. The summed E-state index contributed by atoms with van der Waals surface area (Å²) < 4.78 is 0. The number of aliphatic hydroxyl groups is 1. The van der Waals surface area contributed by atoms with E-state index in [2.05, 4.69) is 38.2 Å². The van der Waals surface area contributed by atoms with E-state index in [0.29, 0.717) is 23.9 Å². The molecule has 0 heterocycles. The van der Waals surface area contributed by atoms with E-state index in [4.69, 9.17) is 5.11 Å². The van der Waals surface area contributed by atoms with Gasteiger partial charge in [-0.05, 0) is 19.3 Å². The lowest BCUT2D eigenvalue weighted by Gasteiger charge is -2.22. The second kappa shape index (κ2) is 4.77. The number of aliphatic hydroxyl groups excluding tert-OH is 1. The average molecular weight is 183 g/mol. The Morgan fingerprint density at radius 2 is 2.08 bits per heavy atom. The summed E-state index contributed by atoms with van der Waals surface area (Å²) in [6, 6.07) is 1.02. The van der Waals surface area contributed by atoms with Gasteiger partial charge in [0.15, 0.2) is 0 Å². The molecular weight excluding hydrogens is 162 g/mol. The highest BCUT2D eigenvalue weighted by Gasteiger charge is 2.20. The van der Waals surface area contributed by atoms with Crippen LogP contribution in [0.25, 0.3) is 0 Å². The molecule has 0 spiro atoms. The lowest BCUT2D eigenvalue weighted by atomic mass is 10.0. The lowest BCUT2D eigenvalue weighted by Crippen LogP contribution is -2.37. The molecule has 0 aliphatic heterocycles. The third kappa shape index (κ3) is 3.12. The Hall–Kier alpha value is -0.340. The van der Waals surface area contributed by atoms with Crippen LogP contribution in [-0.2, 0) is 0 Å². The molecule has 13 heavy (non-hydrogen) atoms. The Bertz CT molecular complexity index is 177. The first kappa shape index (κ1) is 10.7. The van der Waals surface area contributed by atoms with Crippen molar-refractivity contribution in [1.82, 2.24) is 5.32 Å². The van der Waals surface area contributed by atoms with Crippen LogP contribution in [0.2, 0.25) is 0 Å². The predicted molar refractivity (Wildman–Crippen MR) is 55.6 cm³/mol.